The van der Waals surface area contributed by atoms with E-state index >= 15 is 0 Å². The third kappa shape index (κ3) is 2.69. The molecule has 1 aromatic carbocycles. The van der Waals surface area contributed by atoms with Gasteiger partial charge >= 0.3 is 0 Å². The number of para-hydroxylation sites is 1. The molecule has 1 nitrogen and oxygen atoms in total. The van der Waals surface area contributed by atoms with Crippen molar-refractivity contribution < 1.29 is 0 Å². The molecule has 1 heterocycles. The van der Waals surface area contributed by atoms with Gasteiger partial charge in [-0.15, -0.1) is 0 Å². The van der Waals surface area contributed by atoms with E-state index in [-0.39, 0.29) is 0 Å². The van der Waals surface area contributed by atoms with Crippen molar-refractivity contribution in [2.75, 3.05) is 16.8 Å². The summed E-state index contributed by atoms with van der Waals surface area (Å²) in [4.78, 5) is 0. The highest BCUT2D eigenvalue weighted by Crippen LogP contribution is 2.27. The van der Waals surface area contributed by atoms with Crippen LogP contribution in [0.3, 0.4) is 0 Å². The van der Waals surface area contributed by atoms with Gasteiger partial charge in [0, 0.05) is 17.5 Å². The number of thioether (sulfide) groups is 1. The van der Waals surface area contributed by atoms with Crippen molar-refractivity contribution in [2.24, 2.45) is 0 Å². The lowest BCUT2D eigenvalue weighted by atomic mass is 10.0. The number of benzene rings is 1. The minimum absolute atomic E-state index is 0.600. The quantitative estimate of drug-likeness (QED) is 0.834. The molecule has 0 amide bonds. The third-order valence-corrected chi connectivity index (χ3v) is 4.03. The molecular formula is C13H19NS. The molecule has 1 atom stereocenters. The van der Waals surface area contributed by atoms with Crippen molar-refractivity contribution >= 4 is 17.4 Å². The molecule has 0 unspecified atom stereocenters. The van der Waals surface area contributed by atoms with Crippen molar-refractivity contribution in [3.63, 3.8) is 0 Å². The van der Waals surface area contributed by atoms with E-state index in [9.17, 15) is 0 Å². The first kappa shape index (κ1) is 10.9. The van der Waals surface area contributed by atoms with Crippen molar-refractivity contribution in [1.82, 2.24) is 0 Å². The largest absolute Gasteiger partial charge is 0.381 e. The van der Waals surface area contributed by atoms with E-state index in [1.165, 1.54) is 29.2 Å². The molecule has 0 spiro atoms. The summed E-state index contributed by atoms with van der Waals surface area (Å²) in [6.07, 6.45) is 1.30. The lowest BCUT2D eigenvalue weighted by Crippen LogP contribution is -2.19. The van der Waals surface area contributed by atoms with Crippen LogP contribution < -0.4 is 5.32 Å². The van der Waals surface area contributed by atoms with Gasteiger partial charge in [0.05, 0.1) is 0 Å². The summed E-state index contributed by atoms with van der Waals surface area (Å²) in [6.45, 7) is 4.51. The standard InChI is InChI=1S/C13H19NS/c1-10(2)12-5-3-4-6-13(12)14-11-7-8-15-9-11/h3-6,10-11,14H,7-9H2,1-2H3/t11-/m1/s1. The second kappa shape index (κ2) is 4.93. The van der Waals surface area contributed by atoms with E-state index in [0.717, 1.165) is 0 Å². The predicted molar refractivity (Wildman–Crippen MR) is 69.9 cm³/mol. The lowest BCUT2D eigenvalue weighted by Gasteiger charge is -2.18. The lowest BCUT2D eigenvalue weighted by molar-refractivity contribution is 0.800. The molecule has 1 saturated heterocycles. The predicted octanol–water partition coefficient (Wildman–Crippen LogP) is 3.73. The Morgan fingerprint density at radius 3 is 2.80 bits per heavy atom. The van der Waals surface area contributed by atoms with Crippen LogP contribution in [-0.2, 0) is 0 Å². The maximum Gasteiger partial charge on any atom is 0.0377 e. The maximum absolute atomic E-state index is 3.67. The molecule has 1 fully saturated rings. The monoisotopic (exact) mass is 221 g/mol. The summed E-state index contributed by atoms with van der Waals surface area (Å²) in [6, 6.07) is 9.36. The summed E-state index contributed by atoms with van der Waals surface area (Å²) in [5.41, 5.74) is 2.77. The SMILES string of the molecule is CC(C)c1ccccc1N[C@@H]1CCSC1. The zero-order chi connectivity index (χ0) is 10.7. The van der Waals surface area contributed by atoms with Crippen molar-refractivity contribution in [3.05, 3.63) is 29.8 Å². The molecule has 1 aliphatic heterocycles. The Hall–Kier alpha value is -0.630. The van der Waals surface area contributed by atoms with Gasteiger partial charge in [0.2, 0.25) is 0 Å². The van der Waals surface area contributed by atoms with Gasteiger partial charge in [-0.1, -0.05) is 32.0 Å². The number of hydrogen-bond donors (Lipinski definition) is 1. The summed E-state index contributed by atoms with van der Waals surface area (Å²) < 4.78 is 0. The van der Waals surface area contributed by atoms with Gasteiger partial charge < -0.3 is 5.32 Å². The number of nitrogens with one attached hydrogen (secondary N) is 1. The van der Waals surface area contributed by atoms with Crippen LogP contribution >= 0.6 is 11.8 Å². The summed E-state index contributed by atoms with van der Waals surface area (Å²) >= 11 is 2.05. The third-order valence-electron chi connectivity index (χ3n) is 2.87. The van der Waals surface area contributed by atoms with Gasteiger partial charge in [-0.3, -0.25) is 0 Å². The van der Waals surface area contributed by atoms with Crippen molar-refractivity contribution in [3.8, 4) is 0 Å². The maximum atomic E-state index is 3.67. The molecule has 1 aromatic rings. The van der Waals surface area contributed by atoms with Crippen LogP contribution in [0.15, 0.2) is 24.3 Å². The normalized spacial score (nSPS) is 20.9. The van der Waals surface area contributed by atoms with E-state index in [0.29, 0.717) is 12.0 Å². The zero-order valence-electron chi connectivity index (χ0n) is 9.49. The van der Waals surface area contributed by atoms with Gasteiger partial charge in [0.25, 0.3) is 0 Å². The van der Waals surface area contributed by atoms with Gasteiger partial charge in [0.1, 0.15) is 0 Å². The molecule has 82 valence electrons. The van der Waals surface area contributed by atoms with Crippen LogP contribution in [-0.4, -0.2) is 17.5 Å². The minimum Gasteiger partial charge on any atom is -0.381 e. The first-order valence-corrected chi connectivity index (χ1v) is 6.86. The highest BCUT2D eigenvalue weighted by molar-refractivity contribution is 7.99. The average molecular weight is 221 g/mol. The first-order valence-electron chi connectivity index (χ1n) is 5.70. The van der Waals surface area contributed by atoms with E-state index in [1.807, 2.05) is 0 Å². The average Bonchev–Trinajstić information content (AvgIpc) is 2.71. The van der Waals surface area contributed by atoms with Crippen LogP contribution in [0.5, 0.6) is 0 Å². The fourth-order valence-electron chi connectivity index (χ4n) is 2.00. The Morgan fingerprint density at radius 1 is 1.33 bits per heavy atom. The van der Waals surface area contributed by atoms with Crippen molar-refractivity contribution in [1.29, 1.82) is 0 Å². The summed E-state index contributed by atoms with van der Waals surface area (Å²) in [5.74, 6) is 3.16. The van der Waals surface area contributed by atoms with Crippen LogP contribution in [0, 0.1) is 0 Å². The highest BCUT2D eigenvalue weighted by Gasteiger charge is 2.16. The van der Waals surface area contributed by atoms with Crippen LogP contribution in [0.1, 0.15) is 31.7 Å². The van der Waals surface area contributed by atoms with Gasteiger partial charge in [-0.2, -0.15) is 11.8 Å². The number of hydrogen-bond acceptors (Lipinski definition) is 2. The van der Waals surface area contributed by atoms with E-state index in [2.05, 4.69) is 55.2 Å². The van der Waals surface area contributed by atoms with E-state index in [1.54, 1.807) is 0 Å². The topological polar surface area (TPSA) is 12.0 Å². The fourth-order valence-corrected chi connectivity index (χ4v) is 3.15. The second-order valence-electron chi connectivity index (χ2n) is 4.45. The van der Waals surface area contributed by atoms with Crippen LogP contribution in [0.2, 0.25) is 0 Å². The van der Waals surface area contributed by atoms with Gasteiger partial charge in [-0.25, -0.2) is 0 Å². The van der Waals surface area contributed by atoms with Crippen LogP contribution in [0.25, 0.3) is 0 Å². The van der Waals surface area contributed by atoms with Gasteiger partial charge in [-0.05, 0) is 29.7 Å². The molecule has 0 bridgehead atoms. The molecule has 0 aliphatic carbocycles. The summed E-state index contributed by atoms with van der Waals surface area (Å²) in [5, 5.41) is 3.67. The number of rotatable bonds is 3. The zero-order valence-corrected chi connectivity index (χ0v) is 10.3. The number of anilines is 1. The highest BCUT2D eigenvalue weighted by atomic mass is 32.2. The minimum atomic E-state index is 0.600. The molecule has 1 N–H and O–H groups in total. The van der Waals surface area contributed by atoms with E-state index in [4.69, 9.17) is 0 Å². The molecule has 0 radical (unpaired) electrons. The molecule has 1 aliphatic rings. The molecule has 0 saturated carbocycles. The van der Waals surface area contributed by atoms with Crippen molar-refractivity contribution in [2.45, 2.75) is 32.2 Å². The Bertz CT molecular complexity index is 316. The van der Waals surface area contributed by atoms with Crippen LogP contribution in [0.4, 0.5) is 5.69 Å². The Kier molecular flexibility index (Phi) is 3.57. The molecule has 2 rings (SSSR count). The fraction of sp³-hybridized carbons (Fsp3) is 0.538. The Labute approximate surface area is 96.7 Å². The second-order valence-corrected chi connectivity index (χ2v) is 5.60. The molecular weight excluding hydrogens is 202 g/mol. The Morgan fingerprint density at radius 2 is 2.13 bits per heavy atom. The molecule has 2 heteroatoms. The molecule has 15 heavy (non-hydrogen) atoms. The van der Waals surface area contributed by atoms with E-state index < -0.39 is 0 Å². The smallest absolute Gasteiger partial charge is 0.0377 e. The van der Waals surface area contributed by atoms with Gasteiger partial charge in [0.15, 0.2) is 0 Å². The Balaban J connectivity index is 2.12. The molecule has 0 aromatic heterocycles. The summed E-state index contributed by atoms with van der Waals surface area (Å²) in [7, 11) is 0. The first-order chi connectivity index (χ1) is 7.27.